The van der Waals surface area contributed by atoms with Crippen LogP contribution in [0.15, 0.2) is 67.0 Å². The molecule has 116 valence electrons. The van der Waals surface area contributed by atoms with E-state index in [1.165, 1.54) is 0 Å². The van der Waals surface area contributed by atoms with E-state index in [1.54, 1.807) is 6.20 Å². The van der Waals surface area contributed by atoms with Gasteiger partial charge < -0.3 is 9.88 Å². The van der Waals surface area contributed by atoms with Gasteiger partial charge in [0.2, 0.25) is 0 Å². The second-order valence-corrected chi connectivity index (χ2v) is 6.47. The smallest absolute Gasteiger partial charge is 0.252 e. The average molecular weight is 417 g/mol. The lowest BCUT2D eigenvalue weighted by molar-refractivity contribution is 0.0941. The summed E-state index contributed by atoms with van der Waals surface area (Å²) in [6.07, 6.45) is 3.62. The van der Waals surface area contributed by atoms with Gasteiger partial charge in [0.25, 0.3) is 5.91 Å². The van der Waals surface area contributed by atoms with E-state index in [1.807, 2.05) is 72.4 Å². The molecule has 1 unspecified atom stereocenters. The van der Waals surface area contributed by atoms with E-state index in [2.05, 4.69) is 32.9 Å². The van der Waals surface area contributed by atoms with Crippen molar-refractivity contribution in [3.05, 3.63) is 87.5 Å². The molecule has 4 nitrogen and oxygen atoms in total. The van der Waals surface area contributed by atoms with Gasteiger partial charge in [-0.3, -0.25) is 4.79 Å². The molecule has 0 aliphatic rings. The summed E-state index contributed by atoms with van der Waals surface area (Å²) in [4.78, 5) is 17.0. The molecule has 5 heteroatoms. The Morgan fingerprint density at radius 1 is 1.17 bits per heavy atom. The van der Waals surface area contributed by atoms with Gasteiger partial charge in [0.05, 0.1) is 0 Å². The van der Waals surface area contributed by atoms with E-state index in [-0.39, 0.29) is 11.9 Å². The van der Waals surface area contributed by atoms with Crippen molar-refractivity contribution in [2.24, 2.45) is 7.05 Å². The van der Waals surface area contributed by atoms with Crippen molar-refractivity contribution in [1.29, 1.82) is 0 Å². The monoisotopic (exact) mass is 417 g/mol. The van der Waals surface area contributed by atoms with Crippen LogP contribution in [-0.4, -0.2) is 15.5 Å². The number of aromatic nitrogens is 2. The van der Waals surface area contributed by atoms with Gasteiger partial charge in [-0.05, 0) is 46.4 Å². The summed E-state index contributed by atoms with van der Waals surface area (Å²) in [6, 6.07) is 17.1. The molecular formula is C18H16IN3O. The zero-order chi connectivity index (χ0) is 16.2. The third kappa shape index (κ3) is 3.61. The minimum Gasteiger partial charge on any atom is -0.338 e. The summed E-state index contributed by atoms with van der Waals surface area (Å²) < 4.78 is 2.95. The highest BCUT2D eigenvalue weighted by Crippen LogP contribution is 2.21. The molecule has 0 saturated heterocycles. The number of nitrogens with one attached hydrogen (secondary N) is 1. The second-order valence-electron chi connectivity index (χ2n) is 5.22. The Morgan fingerprint density at radius 3 is 2.61 bits per heavy atom. The summed E-state index contributed by atoms with van der Waals surface area (Å²) in [5, 5.41) is 3.09. The van der Waals surface area contributed by atoms with Crippen molar-refractivity contribution in [2.75, 3.05) is 0 Å². The molecule has 3 rings (SSSR count). The van der Waals surface area contributed by atoms with E-state index in [4.69, 9.17) is 0 Å². The molecule has 0 aliphatic carbocycles. The Bertz CT molecular complexity index is 814. The van der Waals surface area contributed by atoms with Crippen LogP contribution in [-0.2, 0) is 7.05 Å². The lowest BCUT2D eigenvalue weighted by atomic mass is 10.1. The van der Waals surface area contributed by atoms with Crippen LogP contribution in [0.1, 0.15) is 27.8 Å². The highest BCUT2D eigenvalue weighted by atomic mass is 127. The number of amides is 1. The first kappa shape index (κ1) is 15.7. The summed E-state index contributed by atoms with van der Waals surface area (Å²) in [7, 11) is 1.93. The Balaban J connectivity index is 1.94. The zero-order valence-corrected chi connectivity index (χ0v) is 14.8. The van der Waals surface area contributed by atoms with Crippen molar-refractivity contribution < 1.29 is 4.79 Å². The number of aryl methyl sites for hydroxylation is 1. The maximum Gasteiger partial charge on any atom is 0.252 e. The molecule has 2 aromatic carbocycles. The van der Waals surface area contributed by atoms with Crippen LogP contribution < -0.4 is 5.32 Å². The number of nitrogens with zero attached hydrogens (tertiary/aromatic N) is 2. The largest absolute Gasteiger partial charge is 0.338 e. The molecule has 1 amide bonds. The van der Waals surface area contributed by atoms with Crippen LogP contribution in [0.4, 0.5) is 0 Å². The SMILES string of the molecule is Cn1ccnc1C(NC(=O)c1cccc(I)c1)c1ccccc1. The van der Waals surface area contributed by atoms with E-state index >= 15 is 0 Å². The Morgan fingerprint density at radius 2 is 1.96 bits per heavy atom. The summed E-state index contributed by atoms with van der Waals surface area (Å²) in [6.45, 7) is 0. The number of hydrogen-bond acceptors (Lipinski definition) is 2. The molecule has 3 aromatic rings. The van der Waals surface area contributed by atoms with Crippen molar-refractivity contribution in [1.82, 2.24) is 14.9 Å². The number of carbonyl (C=O) groups excluding carboxylic acids is 1. The topological polar surface area (TPSA) is 46.9 Å². The number of benzene rings is 2. The third-order valence-electron chi connectivity index (χ3n) is 3.61. The highest BCUT2D eigenvalue weighted by molar-refractivity contribution is 14.1. The van der Waals surface area contributed by atoms with E-state index in [0.29, 0.717) is 5.56 Å². The normalized spacial score (nSPS) is 11.9. The minimum absolute atomic E-state index is 0.111. The Kier molecular flexibility index (Phi) is 4.76. The number of imidazole rings is 1. The maximum absolute atomic E-state index is 12.6. The van der Waals surface area contributed by atoms with Crippen LogP contribution in [0, 0.1) is 3.57 Å². The van der Waals surface area contributed by atoms with Crippen LogP contribution in [0.2, 0.25) is 0 Å². The fourth-order valence-electron chi connectivity index (χ4n) is 2.44. The number of hydrogen-bond donors (Lipinski definition) is 1. The molecule has 1 aromatic heterocycles. The molecule has 0 radical (unpaired) electrons. The van der Waals surface area contributed by atoms with E-state index < -0.39 is 0 Å². The number of carbonyl (C=O) groups is 1. The minimum atomic E-state index is -0.290. The molecule has 0 spiro atoms. The highest BCUT2D eigenvalue weighted by Gasteiger charge is 2.21. The van der Waals surface area contributed by atoms with Crippen LogP contribution in [0.3, 0.4) is 0 Å². The van der Waals surface area contributed by atoms with E-state index in [0.717, 1.165) is 15.0 Å². The fourth-order valence-corrected chi connectivity index (χ4v) is 2.98. The first-order valence-electron chi connectivity index (χ1n) is 7.24. The van der Waals surface area contributed by atoms with Crippen LogP contribution >= 0.6 is 22.6 Å². The van der Waals surface area contributed by atoms with Gasteiger partial charge in [-0.25, -0.2) is 4.98 Å². The lowest BCUT2D eigenvalue weighted by Crippen LogP contribution is -2.31. The third-order valence-corrected chi connectivity index (χ3v) is 4.28. The second kappa shape index (κ2) is 6.95. The predicted octanol–water partition coefficient (Wildman–Crippen LogP) is 3.54. The van der Waals surface area contributed by atoms with Gasteiger partial charge >= 0.3 is 0 Å². The average Bonchev–Trinajstić information content (AvgIpc) is 2.99. The fraction of sp³-hybridized carbons (Fsp3) is 0.111. The number of rotatable bonds is 4. The Labute approximate surface area is 148 Å². The standard InChI is InChI=1S/C18H16IN3O/c1-22-11-10-20-17(22)16(13-6-3-2-4-7-13)21-18(23)14-8-5-9-15(19)12-14/h2-12,16H,1H3,(H,21,23). The van der Waals surface area contributed by atoms with Crippen molar-refractivity contribution in [3.63, 3.8) is 0 Å². The summed E-state index contributed by atoms with van der Waals surface area (Å²) in [5.74, 6) is 0.690. The lowest BCUT2D eigenvalue weighted by Gasteiger charge is -2.19. The molecule has 0 fully saturated rings. The molecule has 23 heavy (non-hydrogen) atoms. The molecule has 1 atom stereocenters. The molecular weight excluding hydrogens is 401 g/mol. The molecule has 0 aliphatic heterocycles. The van der Waals surface area contributed by atoms with Gasteiger partial charge in [0, 0.05) is 28.6 Å². The first-order valence-corrected chi connectivity index (χ1v) is 8.31. The van der Waals surface area contributed by atoms with Gasteiger partial charge in [0.1, 0.15) is 11.9 Å². The maximum atomic E-state index is 12.6. The van der Waals surface area contributed by atoms with Crippen molar-refractivity contribution in [3.8, 4) is 0 Å². The van der Waals surface area contributed by atoms with Gasteiger partial charge in [-0.1, -0.05) is 36.4 Å². The predicted molar refractivity (Wildman–Crippen MR) is 98.1 cm³/mol. The zero-order valence-electron chi connectivity index (χ0n) is 12.6. The van der Waals surface area contributed by atoms with Crippen molar-refractivity contribution >= 4 is 28.5 Å². The number of halogens is 1. The van der Waals surface area contributed by atoms with E-state index in [9.17, 15) is 4.79 Å². The first-order chi connectivity index (χ1) is 11.1. The molecule has 1 heterocycles. The molecule has 0 saturated carbocycles. The van der Waals surface area contributed by atoms with Gasteiger partial charge in [-0.15, -0.1) is 0 Å². The summed E-state index contributed by atoms with van der Waals surface area (Å²) >= 11 is 2.20. The van der Waals surface area contributed by atoms with Gasteiger partial charge in [0.15, 0.2) is 0 Å². The summed E-state index contributed by atoms with van der Waals surface area (Å²) in [5.41, 5.74) is 1.65. The quantitative estimate of drug-likeness (QED) is 0.661. The van der Waals surface area contributed by atoms with Crippen molar-refractivity contribution in [2.45, 2.75) is 6.04 Å². The molecule has 1 N–H and O–H groups in total. The Hall–Kier alpha value is -2.15. The molecule has 0 bridgehead atoms. The van der Waals surface area contributed by atoms with Crippen LogP contribution in [0.25, 0.3) is 0 Å². The van der Waals surface area contributed by atoms with Crippen LogP contribution in [0.5, 0.6) is 0 Å². The van der Waals surface area contributed by atoms with Gasteiger partial charge in [-0.2, -0.15) is 0 Å².